The van der Waals surface area contributed by atoms with Crippen LogP contribution in [0.5, 0.6) is 11.5 Å². The van der Waals surface area contributed by atoms with Gasteiger partial charge in [-0.2, -0.15) is 5.10 Å². The molecule has 0 saturated carbocycles. The molecule has 0 saturated heterocycles. The number of amides is 1. The number of carbonyl (C=O) groups excluding carboxylic acids is 1. The SMILES string of the molecule is CCOc1cc(/C=N\NC(=O)C(O)(c2ccccc2)c2ccccc2)cc(I)c1OC(C)C. The van der Waals surface area contributed by atoms with Gasteiger partial charge < -0.3 is 14.6 Å². The first-order valence-corrected chi connectivity index (χ1v) is 11.7. The fourth-order valence-electron chi connectivity index (χ4n) is 3.31. The molecular weight excluding hydrogens is 531 g/mol. The Morgan fingerprint density at radius 2 is 1.67 bits per heavy atom. The van der Waals surface area contributed by atoms with Crippen LogP contribution in [0.2, 0.25) is 0 Å². The van der Waals surface area contributed by atoms with Gasteiger partial charge >= 0.3 is 0 Å². The Balaban J connectivity index is 1.87. The zero-order valence-corrected chi connectivity index (χ0v) is 20.9. The maximum atomic E-state index is 13.1. The number of nitrogens with zero attached hydrogens (tertiary/aromatic N) is 1. The third-order valence-corrected chi connectivity index (χ3v) is 5.58. The van der Waals surface area contributed by atoms with Crippen molar-refractivity contribution in [1.29, 1.82) is 0 Å². The summed E-state index contributed by atoms with van der Waals surface area (Å²) in [4.78, 5) is 13.1. The molecule has 0 bridgehead atoms. The average Bonchev–Trinajstić information content (AvgIpc) is 2.82. The molecular formula is C26H27IN2O4. The van der Waals surface area contributed by atoms with E-state index >= 15 is 0 Å². The molecule has 3 aromatic carbocycles. The van der Waals surface area contributed by atoms with Crippen molar-refractivity contribution in [3.05, 3.63) is 93.1 Å². The number of ether oxygens (including phenoxy) is 2. The van der Waals surface area contributed by atoms with E-state index in [2.05, 4.69) is 33.1 Å². The molecule has 3 rings (SSSR count). The molecule has 0 spiro atoms. The standard InChI is InChI=1S/C26H27IN2O4/c1-4-32-23-16-19(15-22(27)24(23)33-18(2)3)17-28-29-25(30)26(31,20-11-7-5-8-12-20)21-13-9-6-10-14-21/h5-18,31H,4H2,1-3H3,(H,29,30)/b28-17-. The van der Waals surface area contributed by atoms with E-state index in [4.69, 9.17) is 9.47 Å². The second-order valence-corrected chi connectivity index (χ2v) is 8.73. The summed E-state index contributed by atoms with van der Waals surface area (Å²) < 4.78 is 12.5. The normalized spacial score (nSPS) is 11.6. The Bertz CT molecular complexity index is 1060. The van der Waals surface area contributed by atoms with E-state index in [0.29, 0.717) is 29.2 Å². The number of hydrogen-bond acceptors (Lipinski definition) is 5. The van der Waals surface area contributed by atoms with E-state index in [1.165, 1.54) is 6.21 Å². The summed E-state index contributed by atoms with van der Waals surface area (Å²) in [5, 5.41) is 15.6. The van der Waals surface area contributed by atoms with Crippen LogP contribution in [0.1, 0.15) is 37.5 Å². The summed E-state index contributed by atoms with van der Waals surface area (Å²) in [6.07, 6.45) is 1.52. The second-order valence-electron chi connectivity index (χ2n) is 7.57. The maximum Gasteiger partial charge on any atom is 0.281 e. The van der Waals surface area contributed by atoms with Crippen LogP contribution >= 0.6 is 22.6 Å². The number of carbonyl (C=O) groups is 1. The van der Waals surface area contributed by atoms with Crippen LogP contribution in [0.3, 0.4) is 0 Å². The highest BCUT2D eigenvalue weighted by Crippen LogP contribution is 2.35. The van der Waals surface area contributed by atoms with Crippen LogP contribution in [-0.2, 0) is 10.4 Å². The minimum atomic E-state index is -1.89. The van der Waals surface area contributed by atoms with E-state index in [1.54, 1.807) is 54.6 Å². The summed E-state index contributed by atoms with van der Waals surface area (Å²) in [7, 11) is 0. The van der Waals surface area contributed by atoms with Gasteiger partial charge in [0.05, 0.1) is 22.5 Å². The minimum absolute atomic E-state index is 0.00479. The van der Waals surface area contributed by atoms with Gasteiger partial charge in [-0.25, -0.2) is 5.43 Å². The number of halogens is 1. The monoisotopic (exact) mass is 558 g/mol. The molecule has 0 radical (unpaired) electrons. The van der Waals surface area contributed by atoms with Gasteiger partial charge in [0, 0.05) is 0 Å². The molecule has 0 unspecified atom stereocenters. The number of hydrogen-bond donors (Lipinski definition) is 2. The first-order valence-electron chi connectivity index (χ1n) is 10.7. The lowest BCUT2D eigenvalue weighted by atomic mass is 9.85. The molecule has 1 amide bonds. The van der Waals surface area contributed by atoms with E-state index in [1.807, 2.05) is 39.0 Å². The second kappa shape index (κ2) is 11.3. The number of benzene rings is 3. The Morgan fingerprint density at radius 3 is 2.18 bits per heavy atom. The quantitative estimate of drug-likeness (QED) is 0.223. The molecule has 3 aromatic rings. The average molecular weight is 558 g/mol. The maximum absolute atomic E-state index is 13.1. The fraction of sp³-hybridized carbons (Fsp3) is 0.231. The highest BCUT2D eigenvalue weighted by atomic mass is 127. The largest absolute Gasteiger partial charge is 0.490 e. The van der Waals surface area contributed by atoms with Gasteiger partial charge in [0.2, 0.25) is 0 Å². The molecule has 0 heterocycles. The van der Waals surface area contributed by atoms with Crippen molar-refractivity contribution >= 4 is 34.7 Å². The van der Waals surface area contributed by atoms with E-state index < -0.39 is 11.5 Å². The van der Waals surface area contributed by atoms with E-state index in [-0.39, 0.29) is 6.10 Å². The van der Waals surface area contributed by atoms with Crippen molar-refractivity contribution in [2.75, 3.05) is 6.61 Å². The Morgan fingerprint density at radius 1 is 1.09 bits per heavy atom. The first-order chi connectivity index (χ1) is 15.9. The molecule has 6 nitrogen and oxygen atoms in total. The number of hydrazone groups is 1. The molecule has 2 N–H and O–H groups in total. The summed E-state index contributed by atoms with van der Waals surface area (Å²) in [5.41, 5.74) is 2.23. The van der Waals surface area contributed by atoms with Crippen LogP contribution in [0, 0.1) is 3.57 Å². The van der Waals surface area contributed by atoms with Crippen molar-refractivity contribution in [3.63, 3.8) is 0 Å². The molecule has 33 heavy (non-hydrogen) atoms. The van der Waals surface area contributed by atoms with Gasteiger partial charge in [-0.05, 0) is 72.2 Å². The third-order valence-electron chi connectivity index (χ3n) is 4.78. The molecule has 7 heteroatoms. The van der Waals surface area contributed by atoms with Crippen LogP contribution < -0.4 is 14.9 Å². The van der Waals surface area contributed by atoms with Crippen molar-refractivity contribution in [2.24, 2.45) is 5.10 Å². The Hall–Kier alpha value is -2.91. The number of nitrogens with one attached hydrogen (secondary N) is 1. The summed E-state index contributed by atoms with van der Waals surface area (Å²) in [6, 6.07) is 21.3. The van der Waals surface area contributed by atoms with Crippen LogP contribution in [0.25, 0.3) is 0 Å². The van der Waals surface area contributed by atoms with Crippen molar-refractivity contribution < 1.29 is 19.4 Å². The molecule has 0 fully saturated rings. The molecule has 0 aliphatic heterocycles. The predicted molar refractivity (Wildman–Crippen MR) is 138 cm³/mol. The van der Waals surface area contributed by atoms with Crippen molar-refractivity contribution in [2.45, 2.75) is 32.5 Å². The van der Waals surface area contributed by atoms with Gasteiger partial charge in [-0.1, -0.05) is 60.7 Å². The lowest BCUT2D eigenvalue weighted by Gasteiger charge is -2.27. The van der Waals surface area contributed by atoms with Crippen molar-refractivity contribution in [3.8, 4) is 11.5 Å². The smallest absolute Gasteiger partial charge is 0.281 e. The molecule has 172 valence electrons. The predicted octanol–water partition coefficient (Wildman–Crippen LogP) is 4.86. The van der Waals surface area contributed by atoms with Gasteiger partial charge in [-0.3, -0.25) is 4.79 Å². The van der Waals surface area contributed by atoms with E-state index in [9.17, 15) is 9.90 Å². The highest BCUT2D eigenvalue weighted by Gasteiger charge is 2.39. The summed E-state index contributed by atoms with van der Waals surface area (Å²) in [5.74, 6) is 0.628. The highest BCUT2D eigenvalue weighted by molar-refractivity contribution is 14.1. The van der Waals surface area contributed by atoms with Gasteiger partial charge in [0.15, 0.2) is 17.1 Å². The van der Waals surface area contributed by atoms with Crippen molar-refractivity contribution in [1.82, 2.24) is 5.43 Å². The molecule has 0 aliphatic carbocycles. The Kier molecular flexibility index (Phi) is 8.46. The molecule has 0 atom stereocenters. The van der Waals surface area contributed by atoms with Crippen LogP contribution in [0.15, 0.2) is 77.9 Å². The summed E-state index contributed by atoms with van der Waals surface area (Å²) in [6.45, 7) is 6.30. The van der Waals surface area contributed by atoms with Crippen LogP contribution in [0.4, 0.5) is 0 Å². The lowest BCUT2D eigenvalue weighted by molar-refractivity contribution is -0.136. The fourth-order valence-corrected chi connectivity index (χ4v) is 4.06. The Labute approximate surface area is 207 Å². The first kappa shape index (κ1) is 24.7. The van der Waals surface area contributed by atoms with Gasteiger partial charge in [0.1, 0.15) is 0 Å². The van der Waals surface area contributed by atoms with Gasteiger partial charge in [-0.15, -0.1) is 0 Å². The van der Waals surface area contributed by atoms with E-state index in [0.717, 1.165) is 9.13 Å². The topological polar surface area (TPSA) is 80.2 Å². The zero-order chi connectivity index (χ0) is 23.8. The number of aliphatic hydroxyl groups is 1. The lowest BCUT2D eigenvalue weighted by Crippen LogP contribution is -2.43. The van der Waals surface area contributed by atoms with Gasteiger partial charge in [0.25, 0.3) is 5.91 Å². The molecule has 0 aliphatic rings. The minimum Gasteiger partial charge on any atom is -0.490 e. The van der Waals surface area contributed by atoms with Crippen LogP contribution in [-0.4, -0.2) is 29.9 Å². The third kappa shape index (κ3) is 5.91. The summed E-state index contributed by atoms with van der Waals surface area (Å²) >= 11 is 2.18. The molecule has 0 aromatic heterocycles. The zero-order valence-electron chi connectivity index (χ0n) is 18.8. The number of rotatable bonds is 9.